The van der Waals surface area contributed by atoms with Crippen molar-refractivity contribution in [1.82, 2.24) is 5.32 Å². The number of furan rings is 1. The number of hydrogen-bond donors (Lipinski definition) is 2. The molecule has 1 fully saturated rings. The number of halogens is 1. The topological polar surface area (TPSA) is 96.1 Å². The molecule has 2 amide bonds. The summed E-state index contributed by atoms with van der Waals surface area (Å²) in [6.07, 6.45) is 2.98. The summed E-state index contributed by atoms with van der Waals surface area (Å²) in [5.41, 5.74) is 0.620. The van der Waals surface area contributed by atoms with Gasteiger partial charge in [0.2, 0.25) is 11.8 Å². The second kappa shape index (κ2) is 8.00. The fraction of sp³-hybridized carbons (Fsp3) is 0.125. The number of thioether (sulfide) groups is 1. The summed E-state index contributed by atoms with van der Waals surface area (Å²) in [7, 11) is 0. The molecule has 1 aromatic carbocycles. The molecule has 0 aliphatic carbocycles. The van der Waals surface area contributed by atoms with Crippen molar-refractivity contribution in [2.45, 2.75) is 11.7 Å². The fourth-order valence-electron chi connectivity index (χ4n) is 2.00. The van der Waals surface area contributed by atoms with Crippen molar-refractivity contribution in [3.8, 4) is 0 Å². The Bertz CT molecular complexity index is 818. The Kier molecular flexibility index (Phi) is 5.52. The molecule has 0 spiro atoms. The summed E-state index contributed by atoms with van der Waals surface area (Å²) in [5, 5.41) is 13.4. The molecule has 2 aromatic rings. The van der Waals surface area contributed by atoms with Crippen LogP contribution in [0.25, 0.3) is 0 Å². The summed E-state index contributed by atoms with van der Waals surface area (Å²) in [4.78, 5) is 24.0. The molecule has 25 heavy (non-hydrogen) atoms. The van der Waals surface area contributed by atoms with E-state index in [0.29, 0.717) is 21.6 Å². The highest BCUT2D eigenvalue weighted by Gasteiger charge is 2.32. The van der Waals surface area contributed by atoms with Gasteiger partial charge in [-0.25, -0.2) is 0 Å². The van der Waals surface area contributed by atoms with Gasteiger partial charge in [0.25, 0.3) is 0 Å². The van der Waals surface area contributed by atoms with Crippen molar-refractivity contribution in [2.75, 3.05) is 5.32 Å². The zero-order chi connectivity index (χ0) is 17.6. The Morgan fingerprint density at radius 2 is 2.16 bits per heavy atom. The third-order valence-electron chi connectivity index (χ3n) is 3.15. The molecule has 1 aliphatic heterocycles. The minimum absolute atomic E-state index is 0.0278. The molecule has 7 nitrogen and oxygen atoms in total. The van der Waals surface area contributed by atoms with Gasteiger partial charge < -0.3 is 15.1 Å². The highest BCUT2D eigenvalue weighted by Crippen LogP contribution is 2.23. The Morgan fingerprint density at radius 3 is 2.88 bits per heavy atom. The van der Waals surface area contributed by atoms with Gasteiger partial charge in [-0.1, -0.05) is 23.4 Å². The number of nitrogens with one attached hydrogen (secondary N) is 2. The molecule has 1 saturated heterocycles. The summed E-state index contributed by atoms with van der Waals surface area (Å²) in [5.74, 6) is 0.0103. The number of carbonyl (C=O) groups is 2. The lowest BCUT2D eigenvalue weighted by Gasteiger charge is -2.07. The first-order valence-corrected chi connectivity index (χ1v) is 8.53. The number of amides is 2. The van der Waals surface area contributed by atoms with Crippen molar-refractivity contribution in [1.29, 1.82) is 0 Å². The molecule has 3 rings (SSSR count). The smallest absolute Gasteiger partial charge is 0.240 e. The predicted molar refractivity (Wildman–Crippen MR) is 98.0 cm³/mol. The SMILES string of the molecule is O=C(C[C@H]1S/C(=N\N=C/c2ccco2)NC1=O)Nc1ccc(Cl)cc1. The third-order valence-corrected chi connectivity index (χ3v) is 4.48. The number of nitrogens with zero attached hydrogens (tertiary/aromatic N) is 2. The number of benzene rings is 1. The highest BCUT2D eigenvalue weighted by molar-refractivity contribution is 8.15. The molecule has 128 valence electrons. The number of anilines is 1. The van der Waals surface area contributed by atoms with E-state index in [2.05, 4.69) is 20.8 Å². The molecule has 1 atom stereocenters. The second-order valence-corrected chi connectivity index (χ2v) is 6.65. The monoisotopic (exact) mass is 376 g/mol. The minimum Gasteiger partial charge on any atom is -0.463 e. The maximum Gasteiger partial charge on any atom is 0.240 e. The molecule has 2 heterocycles. The normalized spacial score (nSPS) is 18.7. The van der Waals surface area contributed by atoms with Gasteiger partial charge in [-0.05, 0) is 36.4 Å². The number of hydrogen-bond acceptors (Lipinski definition) is 6. The van der Waals surface area contributed by atoms with Crippen LogP contribution in [0.1, 0.15) is 12.2 Å². The zero-order valence-corrected chi connectivity index (χ0v) is 14.4. The van der Waals surface area contributed by atoms with Crippen LogP contribution in [0.2, 0.25) is 5.02 Å². The zero-order valence-electron chi connectivity index (χ0n) is 12.8. The van der Waals surface area contributed by atoms with Gasteiger partial charge in [0, 0.05) is 17.1 Å². The Labute approximate surface area is 152 Å². The number of amidine groups is 1. The first kappa shape index (κ1) is 17.2. The number of carbonyl (C=O) groups excluding carboxylic acids is 2. The summed E-state index contributed by atoms with van der Waals surface area (Å²) >= 11 is 6.96. The molecule has 1 aliphatic rings. The van der Waals surface area contributed by atoms with Crippen LogP contribution in [-0.4, -0.2) is 28.4 Å². The van der Waals surface area contributed by atoms with E-state index in [-0.39, 0.29) is 18.2 Å². The second-order valence-electron chi connectivity index (χ2n) is 5.02. The minimum atomic E-state index is -0.551. The van der Waals surface area contributed by atoms with Crippen molar-refractivity contribution in [3.63, 3.8) is 0 Å². The van der Waals surface area contributed by atoms with Gasteiger partial charge in [-0.3, -0.25) is 9.59 Å². The molecule has 0 radical (unpaired) electrons. The molecule has 0 bridgehead atoms. The first-order chi connectivity index (χ1) is 12.1. The Balaban J connectivity index is 1.53. The van der Waals surface area contributed by atoms with Crippen molar-refractivity contribution in [3.05, 3.63) is 53.4 Å². The molecule has 1 aromatic heterocycles. The van der Waals surface area contributed by atoms with Crippen molar-refractivity contribution < 1.29 is 14.0 Å². The molecule has 0 unspecified atom stereocenters. The van der Waals surface area contributed by atoms with E-state index in [0.717, 1.165) is 11.8 Å². The average Bonchev–Trinajstić information content (AvgIpc) is 3.20. The largest absolute Gasteiger partial charge is 0.463 e. The average molecular weight is 377 g/mol. The van der Waals surface area contributed by atoms with E-state index in [4.69, 9.17) is 16.0 Å². The van der Waals surface area contributed by atoms with Crippen LogP contribution in [-0.2, 0) is 9.59 Å². The van der Waals surface area contributed by atoms with Crippen LogP contribution < -0.4 is 10.6 Å². The van der Waals surface area contributed by atoms with Crippen LogP contribution in [0.3, 0.4) is 0 Å². The molecular weight excluding hydrogens is 364 g/mol. The van der Waals surface area contributed by atoms with Gasteiger partial charge in [0.15, 0.2) is 5.17 Å². The third kappa shape index (κ3) is 4.94. The van der Waals surface area contributed by atoms with E-state index >= 15 is 0 Å². The standard InChI is InChI=1S/C16H13ClN4O3S/c17-10-3-5-11(6-4-10)19-14(22)8-13-15(23)20-16(25-13)21-18-9-12-2-1-7-24-12/h1-7,9,13H,8H2,(H,19,22)(H,20,21,23)/b18-9-/t13-/m1/s1. The quantitative estimate of drug-likeness (QED) is 0.619. The van der Waals surface area contributed by atoms with Gasteiger partial charge in [-0.2, -0.15) is 5.10 Å². The van der Waals surface area contributed by atoms with Gasteiger partial charge in [0.1, 0.15) is 11.0 Å². The van der Waals surface area contributed by atoms with Gasteiger partial charge in [0.05, 0.1) is 12.5 Å². The maximum absolute atomic E-state index is 12.1. The van der Waals surface area contributed by atoms with E-state index in [1.54, 1.807) is 36.4 Å². The maximum atomic E-state index is 12.1. The van der Waals surface area contributed by atoms with Crippen LogP contribution in [0.4, 0.5) is 5.69 Å². The lowest BCUT2D eigenvalue weighted by Crippen LogP contribution is -2.28. The van der Waals surface area contributed by atoms with Crippen LogP contribution >= 0.6 is 23.4 Å². The molecular formula is C16H13ClN4O3S. The Hall–Kier alpha value is -2.58. The Morgan fingerprint density at radius 1 is 1.36 bits per heavy atom. The summed E-state index contributed by atoms with van der Waals surface area (Å²) < 4.78 is 5.08. The predicted octanol–water partition coefficient (Wildman–Crippen LogP) is 2.88. The van der Waals surface area contributed by atoms with E-state index in [1.807, 2.05) is 0 Å². The fourth-order valence-corrected chi connectivity index (χ4v) is 3.05. The number of rotatable bonds is 5. The van der Waals surface area contributed by atoms with E-state index in [1.165, 1.54) is 12.5 Å². The lowest BCUT2D eigenvalue weighted by molar-refractivity contribution is -0.122. The van der Waals surface area contributed by atoms with Crippen LogP contribution in [0, 0.1) is 0 Å². The lowest BCUT2D eigenvalue weighted by atomic mass is 10.2. The summed E-state index contributed by atoms with van der Waals surface area (Å²) in [6, 6.07) is 10.2. The molecule has 9 heteroatoms. The molecule has 0 saturated carbocycles. The van der Waals surface area contributed by atoms with Gasteiger partial charge >= 0.3 is 0 Å². The van der Waals surface area contributed by atoms with Crippen LogP contribution in [0.5, 0.6) is 0 Å². The molecule has 2 N–H and O–H groups in total. The van der Waals surface area contributed by atoms with Gasteiger partial charge in [-0.15, -0.1) is 5.10 Å². The highest BCUT2D eigenvalue weighted by atomic mass is 35.5. The summed E-state index contributed by atoms with van der Waals surface area (Å²) in [6.45, 7) is 0. The first-order valence-electron chi connectivity index (χ1n) is 7.27. The van der Waals surface area contributed by atoms with E-state index < -0.39 is 5.25 Å². The van der Waals surface area contributed by atoms with Crippen LogP contribution in [0.15, 0.2) is 57.3 Å². The van der Waals surface area contributed by atoms with Crippen molar-refractivity contribution >= 4 is 52.2 Å². The van der Waals surface area contributed by atoms with E-state index in [9.17, 15) is 9.59 Å². The van der Waals surface area contributed by atoms with Crippen molar-refractivity contribution in [2.24, 2.45) is 10.2 Å².